The topological polar surface area (TPSA) is 25.8 Å². The van der Waals surface area contributed by atoms with Gasteiger partial charge in [-0.3, -0.25) is 0 Å². The maximum Gasteiger partial charge on any atom is 0.181 e. The summed E-state index contributed by atoms with van der Waals surface area (Å²) in [5.74, 6) is -0.669. The second kappa shape index (κ2) is 4.75. The van der Waals surface area contributed by atoms with Gasteiger partial charge in [0.2, 0.25) is 0 Å². The molecule has 0 aliphatic heterocycles. The molecule has 0 amide bonds. The first-order valence-corrected chi connectivity index (χ1v) is 5.37. The Bertz CT molecular complexity index is 535. The van der Waals surface area contributed by atoms with Crippen LogP contribution in [-0.4, -0.2) is 9.97 Å². The molecule has 0 fully saturated rings. The third-order valence-electron chi connectivity index (χ3n) is 2.33. The Kier molecular flexibility index (Phi) is 3.33. The largest absolute Gasteiger partial charge is 0.235 e. The van der Waals surface area contributed by atoms with Crippen molar-refractivity contribution in [3.8, 4) is 0 Å². The SMILES string of the molecule is Cc1nc(Cc2ccccc2F)nc(Cl)c1F. The Labute approximate surface area is 102 Å². The monoisotopic (exact) mass is 254 g/mol. The van der Waals surface area contributed by atoms with Crippen LogP contribution >= 0.6 is 11.6 Å². The van der Waals surface area contributed by atoms with Gasteiger partial charge in [0.1, 0.15) is 11.6 Å². The molecule has 0 N–H and O–H groups in total. The molecule has 88 valence electrons. The lowest BCUT2D eigenvalue weighted by Crippen LogP contribution is -2.03. The van der Waals surface area contributed by atoms with Crippen LogP contribution in [0, 0.1) is 18.6 Å². The first-order valence-electron chi connectivity index (χ1n) is 5.00. The predicted molar refractivity (Wildman–Crippen MR) is 60.9 cm³/mol. The van der Waals surface area contributed by atoms with E-state index in [4.69, 9.17) is 11.6 Å². The second-order valence-electron chi connectivity index (χ2n) is 3.60. The molecule has 0 saturated carbocycles. The van der Waals surface area contributed by atoms with Gasteiger partial charge >= 0.3 is 0 Å². The molecule has 0 bridgehead atoms. The highest BCUT2D eigenvalue weighted by Gasteiger charge is 2.11. The quantitative estimate of drug-likeness (QED) is 0.769. The summed E-state index contributed by atoms with van der Waals surface area (Å²) < 4.78 is 26.6. The zero-order valence-corrected chi connectivity index (χ0v) is 9.80. The number of hydrogen-bond donors (Lipinski definition) is 0. The van der Waals surface area contributed by atoms with Crippen LogP contribution in [-0.2, 0) is 6.42 Å². The highest BCUT2D eigenvalue weighted by atomic mass is 35.5. The number of aromatic nitrogens is 2. The van der Waals surface area contributed by atoms with E-state index in [9.17, 15) is 8.78 Å². The van der Waals surface area contributed by atoms with Crippen LogP contribution in [0.2, 0.25) is 5.15 Å². The van der Waals surface area contributed by atoms with Gasteiger partial charge in [0.25, 0.3) is 0 Å². The summed E-state index contributed by atoms with van der Waals surface area (Å²) in [5, 5.41) is -0.233. The number of benzene rings is 1. The molecule has 0 saturated heterocycles. The van der Waals surface area contributed by atoms with Crippen molar-refractivity contribution in [2.45, 2.75) is 13.3 Å². The van der Waals surface area contributed by atoms with E-state index in [1.807, 2.05) is 0 Å². The Balaban J connectivity index is 2.34. The summed E-state index contributed by atoms with van der Waals surface area (Å²) in [6.07, 6.45) is 0.188. The highest BCUT2D eigenvalue weighted by molar-refractivity contribution is 6.29. The molecule has 2 rings (SSSR count). The van der Waals surface area contributed by atoms with E-state index < -0.39 is 5.82 Å². The lowest BCUT2D eigenvalue weighted by atomic mass is 10.1. The van der Waals surface area contributed by atoms with Crippen LogP contribution in [0.25, 0.3) is 0 Å². The highest BCUT2D eigenvalue weighted by Crippen LogP contribution is 2.16. The molecule has 0 aliphatic rings. The standard InChI is InChI=1S/C12H9ClF2N2/c1-7-11(15)12(13)17-10(16-7)6-8-4-2-3-5-9(8)14/h2-5H,6H2,1H3. The summed E-state index contributed by atoms with van der Waals surface area (Å²) in [5.41, 5.74) is 0.617. The molecule has 0 unspecified atom stereocenters. The molecular formula is C12H9ClF2N2. The van der Waals surface area contributed by atoms with Gasteiger partial charge in [0.15, 0.2) is 11.0 Å². The summed E-state index contributed by atoms with van der Waals surface area (Å²) in [7, 11) is 0. The van der Waals surface area contributed by atoms with Crippen molar-refractivity contribution in [3.63, 3.8) is 0 Å². The van der Waals surface area contributed by atoms with Gasteiger partial charge in [0, 0.05) is 6.42 Å². The van der Waals surface area contributed by atoms with Crippen LogP contribution in [0.3, 0.4) is 0 Å². The van der Waals surface area contributed by atoms with E-state index in [1.54, 1.807) is 18.2 Å². The fourth-order valence-corrected chi connectivity index (χ4v) is 1.70. The summed E-state index contributed by atoms with van der Waals surface area (Å²) >= 11 is 5.61. The molecule has 2 nitrogen and oxygen atoms in total. The number of halogens is 3. The Morgan fingerprint density at radius 2 is 1.88 bits per heavy atom. The van der Waals surface area contributed by atoms with Crippen LogP contribution in [0.4, 0.5) is 8.78 Å². The minimum atomic E-state index is -0.635. The predicted octanol–water partition coefficient (Wildman–Crippen LogP) is 3.31. The van der Waals surface area contributed by atoms with E-state index in [0.29, 0.717) is 11.4 Å². The fourth-order valence-electron chi connectivity index (χ4n) is 1.47. The molecule has 1 aromatic carbocycles. The van der Waals surface area contributed by atoms with Gasteiger partial charge in [-0.05, 0) is 18.6 Å². The number of hydrogen-bond acceptors (Lipinski definition) is 2. The fraction of sp³-hybridized carbons (Fsp3) is 0.167. The van der Waals surface area contributed by atoms with E-state index in [1.165, 1.54) is 13.0 Å². The van der Waals surface area contributed by atoms with Crippen molar-refractivity contribution in [2.75, 3.05) is 0 Å². The Morgan fingerprint density at radius 3 is 2.53 bits per heavy atom. The van der Waals surface area contributed by atoms with Gasteiger partial charge in [0.05, 0.1) is 5.69 Å². The van der Waals surface area contributed by atoms with Gasteiger partial charge in [-0.15, -0.1) is 0 Å². The summed E-state index contributed by atoms with van der Waals surface area (Å²) in [6.45, 7) is 1.49. The molecule has 0 aliphatic carbocycles. The molecule has 0 radical (unpaired) electrons. The second-order valence-corrected chi connectivity index (χ2v) is 3.96. The van der Waals surface area contributed by atoms with E-state index in [-0.39, 0.29) is 23.1 Å². The smallest absolute Gasteiger partial charge is 0.181 e. The molecular weight excluding hydrogens is 246 g/mol. The molecule has 1 heterocycles. The number of rotatable bonds is 2. The van der Waals surface area contributed by atoms with Gasteiger partial charge in [-0.2, -0.15) is 0 Å². The Hall–Kier alpha value is -1.55. The molecule has 0 atom stereocenters. The lowest BCUT2D eigenvalue weighted by Gasteiger charge is -2.04. The zero-order chi connectivity index (χ0) is 12.4. The molecule has 5 heteroatoms. The number of nitrogens with zero attached hydrogens (tertiary/aromatic N) is 2. The van der Waals surface area contributed by atoms with Crippen LogP contribution in [0.15, 0.2) is 24.3 Å². The van der Waals surface area contributed by atoms with E-state index >= 15 is 0 Å². The normalized spacial score (nSPS) is 10.6. The Morgan fingerprint density at radius 1 is 1.18 bits per heavy atom. The molecule has 0 spiro atoms. The van der Waals surface area contributed by atoms with Crippen molar-refractivity contribution in [3.05, 3.63) is 58.1 Å². The summed E-state index contributed by atoms with van der Waals surface area (Å²) in [4.78, 5) is 7.72. The molecule has 1 aromatic heterocycles. The molecule has 17 heavy (non-hydrogen) atoms. The van der Waals surface area contributed by atoms with Gasteiger partial charge < -0.3 is 0 Å². The van der Waals surface area contributed by atoms with Crippen LogP contribution in [0.1, 0.15) is 17.1 Å². The minimum absolute atomic E-state index is 0.163. The van der Waals surface area contributed by atoms with E-state index in [0.717, 1.165) is 0 Å². The zero-order valence-electron chi connectivity index (χ0n) is 9.04. The average Bonchev–Trinajstić information content (AvgIpc) is 2.29. The third kappa shape index (κ3) is 2.58. The first kappa shape index (κ1) is 11.9. The van der Waals surface area contributed by atoms with Crippen molar-refractivity contribution < 1.29 is 8.78 Å². The average molecular weight is 255 g/mol. The lowest BCUT2D eigenvalue weighted by molar-refractivity contribution is 0.593. The van der Waals surface area contributed by atoms with Crippen molar-refractivity contribution in [1.29, 1.82) is 0 Å². The van der Waals surface area contributed by atoms with Gasteiger partial charge in [-0.1, -0.05) is 29.8 Å². The minimum Gasteiger partial charge on any atom is -0.235 e. The van der Waals surface area contributed by atoms with Crippen molar-refractivity contribution in [2.24, 2.45) is 0 Å². The number of aryl methyl sites for hydroxylation is 1. The van der Waals surface area contributed by atoms with Crippen LogP contribution < -0.4 is 0 Å². The molecule has 2 aromatic rings. The third-order valence-corrected chi connectivity index (χ3v) is 2.58. The van der Waals surface area contributed by atoms with Gasteiger partial charge in [-0.25, -0.2) is 18.7 Å². The summed E-state index contributed by atoms with van der Waals surface area (Å²) in [6, 6.07) is 6.30. The maximum absolute atomic E-state index is 13.4. The van der Waals surface area contributed by atoms with Crippen molar-refractivity contribution >= 4 is 11.6 Å². The van der Waals surface area contributed by atoms with Crippen LogP contribution in [0.5, 0.6) is 0 Å². The maximum atomic E-state index is 13.4. The first-order chi connectivity index (χ1) is 8.08. The van der Waals surface area contributed by atoms with Crippen molar-refractivity contribution in [1.82, 2.24) is 9.97 Å². The van der Waals surface area contributed by atoms with E-state index in [2.05, 4.69) is 9.97 Å².